The van der Waals surface area contributed by atoms with Gasteiger partial charge >= 0.3 is 12.2 Å². The van der Waals surface area contributed by atoms with Gasteiger partial charge in [0, 0.05) is 20.2 Å². The summed E-state index contributed by atoms with van der Waals surface area (Å²) >= 11 is 0. The first-order valence-electron chi connectivity index (χ1n) is 6.50. The van der Waals surface area contributed by atoms with Gasteiger partial charge in [0.15, 0.2) is 0 Å². The largest absolute Gasteiger partial charge is 0.430 e. The van der Waals surface area contributed by atoms with Crippen molar-refractivity contribution in [3.8, 4) is 6.07 Å². The number of hydrogen-bond acceptors (Lipinski definition) is 3. The number of rotatable bonds is 3. The van der Waals surface area contributed by atoms with Gasteiger partial charge in [-0.05, 0) is 6.07 Å². The quantitative estimate of drug-likeness (QED) is 0.663. The summed E-state index contributed by atoms with van der Waals surface area (Å²) in [6, 6.07) is 0.601. The molecule has 11 heteroatoms. The minimum absolute atomic E-state index is 0.430. The predicted molar refractivity (Wildman–Crippen MR) is 76.9 cm³/mol. The molecular weight excluding hydrogens is 351 g/mol. The molecule has 1 aromatic rings. The first-order chi connectivity index (χ1) is 11.5. The Morgan fingerprint density at radius 3 is 2.32 bits per heavy atom. The van der Waals surface area contributed by atoms with E-state index in [1.54, 1.807) is 5.32 Å². The highest BCUT2D eigenvalue weighted by atomic mass is 19.4. The van der Waals surface area contributed by atoms with E-state index in [2.05, 4.69) is 4.99 Å². The number of hydrogen-bond donors (Lipinski definition) is 1. The number of benzene rings is 1. The third-order valence-corrected chi connectivity index (χ3v) is 2.80. The summed E-state index contributed by atoms with van der Waals surface area (Å²) in [6.45, 7) is 0. The van der Waals surface area contributed by atoms with Crippen LogP contribution in [0.2, 0.25) is 0 Å². The molecular formula is C14H11F5N4O2. The Kier molecular flexibility index (Phi) is 6.16. The van der Waals surface area contributed by atoms with E-state index in [0.29, 0.717) is 12.1 Å². The molecule has 0 saturated carbocycles. The lowest BCUT2D eigenvalue weighted by molar-refractivity contribution is -0.128. The number of amides is 3. The standard InChI is InChI=1S/C14H11F5N4O2/c1-23(2)12(24)5-11(14(17,18)19)22-13(25)21-10-4-8(15)7(6-20)3-9(10)16/h3-4H,5H2,1-2H3,(H,21,25). The molecule has 1 rings (SSSR count). The van der Waals surface area contributed by atoms with Crippen molar-refractivity contribution in [3.05, 3.63) is 29.3 Å². The van der Waals surface area contributed by atoms with E-state index in [1.807, 2.05) is 0 Å². The summed E-state index contributed by atoms with van der Waals surface area (Å²) < 4.78 is 65.5. The molecule has 0 saturated heterocycles. The summed E-state index contributed by atoms with van der Waals surface area (Å²) in [5.74, 6) is -3.37. The van der Waals surface area contributed by atoms with E-state index in [-0.39, 0.29) is 0 Å². The van der Waals surface area contributed by atoms with Crippen LogP contribution >= 0.6 is 0 Å². The Hall–Kier alpha value is -3.03. The molecule has 0 heterocycles. The molecule has 3 amide bonds. The van der Waals surface area contributed by atoms with Crippen LogP contribution in [-0.2, 0) is 4.79 Å². The maximum absolute atomic E-state index is 13.6. The summed E-state index contributed by atoms with van der Waals surface area (Å²) in [6.07, 6.45) is -6.27. The summed E-state index contributed by atoms with van der Waals surface area (Å²) in [4.78, 5) is 26.5. The van der Waals surface area contributed by atoms with E-state index < -0.39 is 53.1 Å². The van der Waals surface area contributed by atoms with Crippen LogP contribution in [0.15, 0.2) is 17.1 Å². The molecule has 0 unspecified atom stereocenters. The molecule has 25 heavy (non-hydrogen) atoms. The number of carbonyl (C=O) groups is 2. The molecule has 6 nitrogen and oxygen atoms in total. The number of anilines is 1. The van der Waals surface area contributed by atoms with E-state index >= 15 is 0 Å². The highest BCUT2D eigenvalue weighted by Gasteiger charge is 2.38. The lowest BCUT2D eigenvalue weighted by atomic mass is 10.2. The molecule has 0 aliphatic heterocycles. The average Bonchev–Trinajstić information content (AvgIpc) is 2.48. The van der Waals surface area contributed by atoms with Crippen molar-refractivity contribution < 1.29 is 31.5 Å². The topological polar surface area (TPSA) is 85.6 Å². The van der Waals surface area contributed by atoms with Crippen LogP contribution in [0.3, 0.4) is 0 Å². The molecule has 134 valence electrons. The average molecular weight is 362 g/mol. The van der Waals surface area contributed by atoms with Gasteiger partial charge in [-0.25, -0.2) is 13.6 Å². The Labute approximate surface area is 138 Å². The van der Waals surface area contributed by atoms with E-state index in [4.69, 9.17) is 5.26 Å². The molecule has 0 spiro atoms. The van der Waals surface area contributed by atoms with E-state index in [9.17, 15) is 31.5 Å². The molecule has 0 aliphatic rings. The zero-order chi connectivity index (χ0) is 19.4. The van der Waals surface area contributed by atoms with Gasteiger partial charge in [-0.3, -0.25) is 4.79 Å². The number of alkyl halides is 3. The maximum atomic E-state index is 13.6. The predicted octanol–water partition coefficient (Wildman–Crippen LogP) is 2.85. The fraction of sp³-hybridized carbons (Fsp3) is 0.286. The number of nitrogens with one attached hydrogen (secondary N) is 1. The van der Waals surface area contributed by atoms with Gasteiger partial charge in [0.25, 0.3) is 0 Å². The third kappa shape index (κ3) is 5.52. The molecule has 0 radical (unpaired) electrons. The number of nitrogens with zero attached hydrogens (tertiary/aromatic N) is 3. The third-order valence-electron chi connectivity index (χ3n) is 2.80. The first kappa shape index (κ1) is 20.0. The van der Waals surface area contributed by atoms with Crippen LogP contribution in [0, 0.1) is 23.0 Å². The first-order valence-corrected chi connectivity index (χ1v) is 6.50. The van der Waals surface area contributed by atoms with Gasteiger partial charge in [0.2, 0.25) is 5.91 Å². The molecule has 0 aliphatic carbocycles. The van der Waals surface area contributed by atoms with Crippen molar-refractivity contribution in [2.24, 2.45) is 4.99 Å². The van der Waals surface area contributed by atoms with Crippen molar-refractivity contribution in [1.82, 2.24) is 4.90 Å². The van der Waals surface area contributed by atoms with Crippen molar-refractivity contribution in [2.75, 3.05) is 19.4 Å². The molecule has 1 aromatic carbocycles. The van der Waals surface area contributed by atoms with Gasteiger partial charge in [-0.15, -0.1) is 0 Å². The lowest BCUT2D eigenvalue weighted by Crippen LogP contribution is -2.32. The Balaban J connectivity index is 3.08. The monoisotopic (exact) mass is 362 g/mol. The second-order valence-corrected chi connectivity index (χ2v) is 4.88. The van der Waals surface area contributed by atoms with Crippen molar-refractivity contribution in [1.29, 1.82) is 5.26 Å². The van der Waals surface area contributed by atoms with Crippen molar-refractivity contribution in [3.63, 3.8) is 0 Å². The minimum Gasteiger partial charge on any atom is -0.348 e. The molecule has 0 aromatic heterocycles. The second-order valence-electron chi connectivity index (χ2n) is 4.88. The molecule has 0 atom stereocenters. The Morgan fingerprint density at radius 1 is 1.24 bits per heavy atom. The van der Waals surface area contributed by atoms with Crippen LogP contribution in [0.25, 0.3) is 0 Å². The number of aliphatic imine (C=N–C) groups is 1. The highest BCUT2D eigenvalue weighted by molar-refractivity contribution is 6.09. The van der Waals surface area contributed by atoms with E-state index in [0.717, 1.165) is 4.90 Å². The van der Waals surface area contributed by atoms with Crippen LogP contribution in [-0.4, -0.2) is 42.8 Å². The van der Waals surface area contributed by atoms with Gasteiger partial charge in [0.05, 0.1) is 17.7 Å². The van der Waals surface area contributed by atoms with Crippen molar-refractivity contribution in [2.45, 2.75) is 12.6 Å². The van der Waals surface area contributed by atoms with Gasteiger partial charge < -0.3 is 10.2 Å². The van der Waals surface area contributed by atoms with Crippen LogP contribution in [0.1, 0.15) is 12.0 Å². The number of urea groups is 1. The molecule has 1 N–H and O–H groups in total. The van der Waals surface area contributed by atoms with Gasteiger partial charge in [-0.1, -0.05) is 0 Å². The maximum Gasteiger partial charge on any atom is 0.430 e. The SMILES string of the molecule is CN(C)C(=O)CC(=NC(=O)Nc1cc(F)c(C#N)cc1F)C(F)(F)F. The molecule has 0 bridgehead atoms. The minimum atomic E-state index is -5.07. The number of carbonyl (C=O) groups excluding carboxylic acids is 2. The normalized spacial score (nSPS) is 11.7. The zero-order valence-electron chi connectivity index (χ0n) is 12.9. The van der Waals surface area contributed by atoms with E-state index in [1.165, 1.54) is 20.2 Å². The van der Waals surface area contributed by atoms with Crippen LogP contribution in [0.5, 0.6) is 0 Å². The fourth-order valence-electron chi connectivity index (χ4n) is 1.50. The summed E-state index contributed by atoms with van der Waals surface area (Å²) in [5, 5.41) is 10.2. The molecule has 0 fully saturated rings. The summed E-state index contributed by atoms with van der Waals surface area (Å²) in [7, 11) is 2.43. The lowest BCUT2D eigenvalue weighted by Gasteiger charge is -2.14. The smallest absolute Gasteiger partial charge is 0.348 e. The summed E-state index contributed by atoms with van der Waals surface area (Å²) in [5.41, 5.74) is -3.14. The van der Waals surface area contributed by atoms with Gasteiger partial charge in [0.1, 0.15) is 23.4 Å². The second kappa shape index (κ2) is 7.69. The van der Waals surface area contributed by atoms with Gasteiger partial charge in [-0.2, -0.15) is 23.4 Å². The van der Waals surface area contributed by atoms with Crippen LogP contribution in [0.4, 0.5) is 32.4 Å². The zero-order valence-corrected chi connectivity index (χ0v) is 12.9. The number of halogens is 5. The Morgan fingerprint density at radius 2 is 1.84 bits per heavy atom. The number of nitriles is 1. The van der Waals surface area contributed by atoms with Crippen LogP contribution < -0.4 is 5.32 Å². The fourth-order valence-corrected chi connectivity index (χ4v) is 1.50. The highest BCUT2D eigenvalue weighted by Crippen LogP contribution is 2.22. The Bertz CT molecular complexity index is 766. The van der Waals surface area contributed by atoms with Crippen molar-refractivity contribution >= 4 is 23.3 Å².